The van der Waals surface area contributed by atoms with Crippen LogP contribution in [0, 0.1) is 6.07 Å². The smallest absolute Gasteiger partial charge is 0.184 e. The molecule has 1 aromatic rings. The summed E-state index contributed by atoms with van der Waals surface area (Å²) in [6.07, 6.45) is 0. The van der Waals surface area contributed by atoms with Gasteiger partial charge in [0.1, 0.15) is 0 Å². The van der Waals surface area contributed by atoms with Gasteiger partial charge in [-0.05, 0) is 0 Å². The maximum Gasteiger partial charge on any atom is 1.00 e. The fourth-order valence-corrected chi connectivity index (χ4v) is 0.342. The summed E-state index contributed by atoms with van der Waals surface area (Å²) in [6.45, 7) is 0. The molecule has 1 heteroatoms. The molecule has 0 N–H and O–H groups in total. The second-order valence-electron chi connectivity index (χ2n) is 1.08. The summed E-state index contributed by atoms with van der Waals surface area (Å²) in [5, 5.41) is 0. The van der Waals surface area contributed by atoms with E-state index in [0.717, 1.165) is 0 Å². The van der Waals surface area contributed by atoms with Crippen LogP contribution in [0.1, 0.15) is 0 Å². The molecule has 0 aliphatic carbocycles. The Morgan fingerprint density at radius 2 is 1.43 bits per heavy atom. The summed E-state index contributed by atoms with van der Waals surface area (Å²) in [4.78, 5) is 0. The van der Waals surface area contributed by atoms with Crippen LogP contribution in [0.4, 0.5) is 0 Å². The second-order valence-corrected chi connectivity index (χ2v) is 1.08. The summed E-state index contributed by atoms with van der Waals surface area (Å²) < 4.78 is 0. The van der Waals surface area contributed by atoms with Crippen LogP contribution in [-0.2, 0) is 0 Å². The van der Waals surface area contributed by atoms with Crippen molar-refractivity contribution in [1.29, 1.82) is 0 Å². The Labute approximate surface area is 103 Å². The molecule has 0 atom stereocenters. The molecule has 0 bridgehead atoms. The van der Waals surface area contributed by atoms with Gasteiger partial charge in [0.05, 0.1) is 0 Å². The summed E-state index contributed by atoms with van der Waals surface area (Å²) in [5.41, 5.74) is 0. The van der Waals surface area contributed by atoms with Gasteiger partial charge in [-0.1, -0.05) is 0 Å². The average molecular weight is 210 g/mol. The molecule has 0 aromatic heterocycles. The number of hydrogen-bond acceptors (Lipinski definition) is 0. The Hall–Kier alpha value is 1.27. The van der Waals surface area contributed by atoms with Crippen LogP contribution >= 0.6 is 0 Å². The molecule has 7 heavy (non-hydrogen) atoms. The third-order valence-corrected chi connectivity index (χ3v) is 0.607. The van der Waals surface area contributed by atoms with E-state index < -0.39 is 0 Å². The van der Waals surface area contributed by atoms with Gasteiger partial charge in [0.15, 0.2) is 0 Å². The van der Waals surface area contributed by atoms with Crippen molar-refractivity contribution in [2.24, 2.45) is 0 Å². The molecular formula is C6H5Cs. The summed E-state index contributed by atoms with van der Waals surface area (Å²) in [6, 6.07) is 12.5. The quantitative estimate of drug-likeness (QED) is 0.457. The van der Waals surface area contributed by atoms with Crippen molar-refractivity contribution in [3.05, 3.63) is 36.4 Å². The molecule has 0 saturated heterocycles. The molecule has 0 amide bonds. The fourth-order valence-electron chi connectivity index (χ4n) is 0.342. The molecule has 0 heterocycles. The van der Waals surface area contributed by atoms with Crippen LogP contribution in [0.15, 0.2) is 30.3 Å². The zero-order valence-electron chi connectivity index (χ0n) is 4.39. The molecule has 0 radical (unpaired) electrons. The van der Waals surface area contributed by atoms with E-state index in [4.69, 9.17) is 0 Å². The van der Waals surface area contributed by atoms with Crippen LogP contribution in [0.25, 0.3) is 0 Å². The third kappa shape index (κ3) is 3.82. The first kappa shape index (κ1) is 8.27. The molecule has 30 valence electrons. The van der Waals surface area contributed by atoms with E-state index in [0.29, 0.717) is 0 Å². The van der Waals surface area contributed by atoms with Crippen LogP contribution in [0.3, 0.4) is 0 Å². The predicted octanol–water partition coefficient (Wildman–Crippen LogP) is -1.51. The van der Waals surface area contributed by atoms with Crippen LogP contribution in [0.5, 0.6) is 0 Å². The summed E-state index contributed by atoms with van der Waals surface area (Å²) in [7, 11) is 0. The number of benzene rings is 1. The molecule has 0 fully saturated rings. The van der Waals surface area contributed by atoms with Crippen molar-refractivity contribution in [3.8, 4) is 0 Å². The van der Waals surface area contributed by atoms with Crippen molar-refractivity contribution >= 4 is 0 Å². The minimum atomic E-state index is 0. The molecule has 0 saturated carbocycles. The maximum absolute atomic E-state index is 2.89. The number of hydrogen-bond donors (Lipinski definition) is 0. The molecule has 1 rings (SSSR count). The van der Waals surface area contributed by atoms with E-state index in [1.54, 1.807) is 0 Å². The topological polar surface area (TPSA) is 0 Å². The zero-order chi connectivity index (χ0) is 4.24. The molecule has 0 nitrogen and oxygen atoms in total. The van der Waals surface area contributed by atoms with Gasteiger partial charge in [-0.2, -0.15) is 36.4 Å². The minimum Gasteiger partial charge on any atom is -0.184 e. The van der Waals surface area contributed by atoms with E-state index in [-0.39, 0.29) is 68.9 Å². The van der Waals surface area contributed by atoms with E-state index in [2.05, 4.69) is 6.07 Å². The molecule has 0 aliphatic rings. The van der Waals surface area contributed by atoms with Crippen molar-refractivity contribution < 1.29 is 68.9 Å². The Bertz CT molecular complexity index is 76.1. The fraction of sp³-hybridized carbons (Fsp3) is 0. The maximum atomic E-state index is 2.89. The second kappa shape index (κ2) is 5.41. The van der Waals surface area contributed by atoms with Crippen LogP contribution < -0.4 is 68.9 Å². The van der Waals surface area contributed by atoms with Crippen molar-refractivity contribution in [3.63, 3.8) is 0 Å². The van der Waals surface area contributed by atoms with Gasteiger partial charge >= 0.3 is 68.9 Å². The van der Waals surface area contributed by atoms with Gasteiger partial charge in [-0.25, -0.2) is 0 Å². The van der Waals surface area contributed by atoms with E-state index in [1.165, 1.54) is 0 Å². The van der Waals surface area contributed by atoms with Crippen molar-refractivity contribution in [1.82, 2.24) is 0 Å². The molecular weight excluding hydrogens is 205 g/mol. The van der Waals surface area contributed by atoms with Gasteiger partial charge in [0.2, 0.25) is 0 Å². The van der Waals surface area contributed by atoms with Gasteiger partial charge in [0, 0.05) is 0 Å². The van der Waals surface area contributed by atoms with Gasteiger partial charge < -0.3 is 0 Å². The molecule has 0 unspecified atom stereocenters. The van der Waals surface area contributed by atoms with Crippen LogP contribution in [0.2, 0.25) is 0 Å². The average Bonchev–Trinajstić information content (AvgIpc) is 1.72. The normalized spacial score (nSPS) is 6.86. The Morgan fingerprint density at radius 1 is 0.857 bits per heavy atom. The van der Waals surface area contributed by atoms with Gasteiger partial charge in [-0.3, -0.25) is 0 Å². The first-order chi connectivity index (χ1) is 3.00. The summed E-state index contributed by atoms with van der Waals surface area (Å²) >= 11 is 0. The largest absolute Gasteiger partial charge is 1.00 e. The molecule has 0 aliphatic heterocycles. The predicted molar refractivity (Wildman–Crippen MR) is 25.3 cm³/mol. The SMILES string of the molecule is [Cs+].[c-]1ccccc1. The molecule has 0 spiro atoms. The standard InChI is InChI=1S/C6H5.Cs/c1-2-4-6-5-3-1;/h1-5H;/q-1;+1. The van der Waals surface area contributed by atoms with E-state index in [9.17, 15) is 0 Å². The summed E-state index contributed by atoms with van der Waals surface area (Å²) in [5.74, 6) is 0. The Morgan fingerprint density at radius 3 is 1.57 bits per heavy atom. The van der Waals surface area contributed by atoms with E-state index >= 15 is 0 Å². The first-order valence-corrected chi connectivity index (χ1v) is 1.91. The van der Waals surface area contributed by atoms with Crippen LogP contribution in [-0.4, -0.2) is 0 Å². The number of rotatable bonds is 0. The first-order valence-electron chi connectivity index (χ1n) is 1.91. The van der Waals surface area contributed by atoms with Crippen molar-refractivity contribution in [2.45, 2.75) is 0 Å². The monoisotopic (exact) mass is 210 g/mol. The van der Waals surface area contributed by atoms with Gasteiger partial charge in [-0.15, -0.1) is 0 Å². The van der Waals surface area contributed by atoms with Crippen molar-refractivity contribution in [2.75, 3.05) is 0 Å². The zero-order valence-corrected chi connectivity index (χ0v) is 10.7. The molecule has 1 aromatic carbocycles. The van der Waals surface area contributed by atoms with Gasteiger partial charge in [0.25, 0.3) is 0 Å². The third-order valence-electron chi connectivity index (χ3n) is 0.607. The Balaban J connectivity index is 0.000000360. The minimum absolute atomic E-state index is 0. The Kier molecular flexibility index (Phi) is 6.39. The van der Waals surface area contributed by atoms with E-state index in [1.807, 2.05) is 30.3 Å².